The lowest BCUT2D eigenvalue weighted by Gasteiger charge is -2.16. The highest BCUT2D eigenvalue weighted by molar-refractivity contribution is 5.25. The van der Waals surface area contributed by atoms with Crippen molar-refractivity contribution in [2.24, 2.45) is 0 Å². The third-order valence-electron chi connectivity index (χ3n) is 2.32. The molecule has 8 heteroatoms. The molecule has 0 aliphatic rings. The van der Waals surface area contributed by atoms with E-state index < -0.39 is 0 Å². The number of hydrogen-bond donors (Lipinski definition) is 2. The van der Waals surface area contributed by atoms with Crippen molar-refractivity contribution in [3.05, 3.63) is 5.82 Å². The Balaban J connectivity index is 2.25. The molecule has 8 nitrogen and oxygen atoms in total. The average Bonchev–Trinajstić information content (AvgIpc) is 2.34. The number of aromatic nitrogens is 3. The summed E-state index contributed by atoms with van der Waals surface area (Å²) < 4.78 is 16.0. The van der Waals surface area contributed by atoms with Crippen molar-refractivity contribution in [1.82, 2.24) is 15.0 Å². The lowest BCUT2D eigenvalue weighted by molar-refractivity contribution is -0.0500. The SMILES string of the molecule is COC(C)COC(C)COCc1nc(N)nc(N)n1. The minimum absolute atomic E-state index is 0.0471. The Hall–Kier alpha value is -1.51. The largest absolute Gasteiger partial charge is 0.379 e. The summed E-state index contributed by atoms with van der Waals surface area (Å²) in [5.74, 6) is 0.580. The Bertz CT molecular complexity index is 370. The van der Waals surface area contributed by atoms with Crippen molar-refractivity contribution >= 4 is 11.9 Å². The van der Waals surface area contributed by atoms with Gasteiger partial charge in [-0.25, -0.2) is 0 Å². The van der Waals surface area contributed by atoms with Gasteiger partial charge in [-0.1, -0.05) is 0 Å². The molecule has 0 bridgehead atoms. The highest BCUT2D eigenvalue weighted by atomic mass is 16.6. The summed E-state index contributed by atoms with van der Waals surface area (Å²) in [4.78, 5) is 11.5. The highest BCUT2D eigenvalue weighted by Crippen LogP contribution is 2.02. The summed E-state index contributed by atoms with van der Waals surface area (Å²) >= 11 is 0. The van der Waals surface area contributed by atoms with E-state index in [0.717, 1.165) is 0 Å². The van der Waals surface area contributed by atoms with Crippen LogP contribution in [0.2, 0.25) is 0 Å². The predicted molar refractivity (Wildman–Crippen MR) is 70.2 cm³/mol. The molecule has 0 amide bonds. The van der Waals surface area contributed by atoms with Crippen molar-refractivity contribution in [1.29, 1.82) is 0 Å². The van der Waals surface area contributed by atoms with E-state index in [2.05, 4.69) is 15.0 Å². The van der Waals surface area contributed by atoms with E-state index in [1.54, 1.807) is 7.11 Å². The molecule has 2 unspecified atom stereocenters. The maximum absolute atomic E-state index is 5.53. The summed E-state index contributed by atoms with van der Waals surface area (Å²) in [7, 11) is 1.64. The average molecular weight is 271 g/mol. The molecular weight excluding hydrogens is 250 g/mol. The second kappa shape index (κ2) is 7.82. The van der Waals surface area contributed by atoms with E-state index in [1.807, 2.05) is 13.8 Å². The van der Waals surface area contributed by atoms with E-state index in [0.29, 0.717) is 19.0 Å². The van der Waals surface area contributed by atoms with Gasteiger partial charge in [0.2, 0.25) is 11.9 Å². The molecule has 1 aromatic rings. The topological polar surface area (TPSA) is 118 Å². The zero-order valence-corrected chi connectivity index (χ0v) is 11.5. The maximum Gasteiger partial charge on any atom is 0.225 e. The van der Waals surface area contributed by atoms with Gasteiger partial charge in [-0.2, -0.15) is 15.0 Å². The van der Waals surface area contributed by atoms with Crippen molar-refractivity contribution in [3.63, 3.8) is 0 Å². The number of nitrogens with zero attached hydrogens (tertiary/aromatic N) is 3. The fourth-order valence-corrected chi connectivity index (χ4v) is 1.25. The minimum Gasteiger partial charge on any atom is -0.379 e. The number of rotatable bonds is 8. The molecule has 0 aliphatic heterocycles. The Morgan fingerprint density at radius 2 is 1.63 bits per heavy atom. The van der Waals surface area contributed by atoms with Crippen molar-refractivity contribution in [2.45, 2.75) is 32.7 Å². The molecule has 0 fully saturated rings. The molecule has 0 spiro atoms. The summed E-state index contributed by atoms with van der Waals surface area (Å²) in [5.41, 5.74) is 10.9. The number of methoxy groups -OCH3 is 1. The molecule has 1 aromatic heterocycles. The van der Waals surface area contributed by atoms with Crippen LogP contribution in [-0.2, 0) is 20.8 Å². The van der Waals surface area contributed by atoms with Gasteiger partial charge in [0, 0.05) is 7.11 Å². The van der Waals surface area contributed by atoms with Gasteiger partial charge in [0.05, 0.1) is 25.4 Å². The quantitative estimate of drug-likeness (QED) is 0.677. The first-order chi connectivity index (χ1) is 9.01. The van der Waals surface area contributed by atoms with Gasteiger partial charge in [0.15, 0.2) is 5.82 Å². The van der Waals surface area contributed by atoms with Crippen molar-refractivity contribution in [2.75, 3.05) is 31.8 Å². The summed E-state index contributed by atoms with van der Waals surface area (Å²) in [6.07, 6.45) is 0.0136. The monoisotopic (exact) mass is 271 g/mol. The maximum atomic E-state index is 5.53. The molecule has 0 saturated heterocycles. The molecule has 1 rings (SSSR count). The molecule has 0 aromatic carbocycles. The van der Waals surface area contributed by atoms with Crippen LogP contribution in [-0.4, -0.2) is 47.5 Å². The van der Waals surface area contributed by atoms with E-state index >= 15 is 0 Å². The molecule has 19 heavy (non-hydrogen) atoms. The van der Waals surface area contributed by atoms with Gasteiger partial charge in [0.1, 0.15) is 6.61 Å². The van der Waals surface area contributed by atoms with Gasteiger partial charge in [-0.05, 0) is 13.8 Å². The van der Waals surface area contributed by atoms with Gasteiger partial charge in [-0.3, -0.25) is 0 Å². The lowest BCUT2D eigenvalue weighted by atomic mass is 10.4. The summed E-state index contributed by atoms with van der Waals surface area (Å²) in [6, 6.07) is 0. The number of anilines is 2. The first-order valence-corrected chi connectivity index (χ1v) is 5.99. The lowest BCUT2D eigenvalue weighted by Crippen LogP contribution is -2.22. The van der Waals surface area contributed by atoms with Crippen LogP contribution in [0.4, 0.5) is 11.9 Å². The molecule has 108 valence electrons. The van der Waals surface area contributed by atoms with Gasteiger partial charge in [0.25, 0.3) is 0 Å². The van der Waals surface area contributed by atoms with Crippen LogP contribution in [0.3, 0.4) is 0 Å². The van der Waals surface area contributed by atoms with Crippen LogP contribution >= 0.6 is 0 Å². The number of nitrogen functional groups attached to an aromatic ring is 2. The zero-order valence-electron chi connectivity index (χ0n) is 11.5. The van der Waals surface area contributed by atoms with E-state index in [9.17, 15) is 0 Å². The fourth-order valence-electron chi connectivity index (χ4n) is 1.25. The van der Waals surface area contributed by atoms with Crippen molar-refractivity contribution in [3.8, 4) is 0 Å². The Morgan fingerprint density at radius 1 is 1.00 bits per heavy atom. The Labute approximate surface area is 112 Å². The van der Waals surface area contributed by atoms with Crippen LogP contribution in [0.15, 0.2) is 0 Å². The van der Waals surface area contributed by atoms with E-state index in [4.69, 9.17) is 25.7 Å². The van der Waals surface area contributed by atoms with E-state index in [1.165, 1.54) is 0 Å². The van der Waals surface area contributed by atoms with Crippen molar-refractivity contribution < 1.29 is 14.2 Å². The fraction of sp³-hybridized carbons (Fsp3) is 0.727. The first-order valence-electron chi connectivity index (χ1n) is 5.99. The van der Waals surface area contributed by atoms with Gasteiger partial charge >= 0.3 is 0 Å². The molecule has 2 atom stereocenters. The second-order valence-corrected chi connectivity index (χ2v) is 4.17. The number of ether oxygens (including phenoxy) is 3. The first kappa shape index (κ1) is 15.5. The van der Waals surface area contributed by atoms with Crippen LogP contribution in [0, 0.1) is 0 Å². The molecule has 0 aliphatic carbocycles. The van der Waals surface area contributed by atoms with Gasteiger partial charge < -0.3 is 25.7 Å². The zero-order chi connectivity index (χ0) is 14.3. The third kappa shape index (κ3) is 6.27. The van der Waals surface area contributed by atoms with E-state index in [-0.39, 0.29) is 30.7 Å². The van der Waals surface area contributed by atoms with Crippen LogP contribution in [0.25, 0.3) is 0 Å². The molecule has 4 N–H and O–H groups in total. The normalized spacial score (nSPS) is 14.3. The second-order valence-electron chi connectivity index (χ2n) is 4.17. The molecule has 1 heterocycles. The molecule has 0 radical (unpaired) electrons. The summed E-state index contributed by atoms with van der Waals surface area (Å²) in [5, 5.41) is 0. The van der Waals surface area contributed by atoms with Crippen LogP contribution in [0.5, 0.6) is 0 Å². The third-order valence-corrected chi connectivity index (χ3v) is 2.32. The minimum atomic E-state index is -0.0471. The molecule has 0 saturated carbocycles. The number of hydrogen-bond acceptors (Lipinski definition) is 8. The van der Waals surface area contributed by atoms with Crippen LogP contribution < -0.4 is 11.5 Å². The smallest absolute Gasteiger partial charge is 0.225 e. The Kier molecular flexibility index (Phi) is 6.40. The Morgan fingerprint density at radius 3 is 2.21 bits per heavy atom. The summed E-state index contributed by atoms with van der Waals surface area (Å²) in [6.45, 7) is 5.00. The standard InChI is InChI=1S/C11H21N5O3/c1-7(17-3)5-19-8(2)4-18-6-9-14-10(12)16-11(13)15-9/h7-8H,4-6H2,1-3H3,(H4,12,13,14,15,16). The van der Waals surface area contributed by atoms with Crippen LogP contribution in [0.1, 0.15) is 19.7 Å². The predicted octanol–water partition coefficient (Wildman–Crippen LogP) is -0.00740. The van der Waals surface area contributed by atoms with Gasteiger partial charge in [-0.15, -0.1) is 0 Å². The molecular formula is C11H21N5O3. The highest BCUT2D eigenvalue weighted by Gasteiger charge is 2.07. The number of nitrogens with two attached hydrogens (primary N) is 2.